The Hall–Kier alpha value is -1.00. The summed E-state index contributed by atoms with van der Waals surface area (Å²) in [5.74, 6) is 0.889. The molecule has 0 fully saturated rings. The van der Waals surface area contributed by atoms with Gasteiger partial charge in [-0.1, -0.05) is 18.2 Å². The van der Waals surface area contributed by atoms with E-state index in [9.17, 15) is 4.79 Å². The lowest BCUT2D eigenvalue weighted by molar-refractivity contribution is 0.726. The molecule has 2 nitrogen and oxygen atoms in total. The highest BCUT2D eigenvalue weighted by Gasteiger charge is 2.02. The van der Waals surface area contributed by atoms with E-state index in [1.54, 1.807) is 16.3 Å². The lowest BCUT2D eigenvalue weighted by atomic mass is 10.3. The topological polar surface area (TPSA) is 22.0 Å². The third-order valence-corrected chi connectivity index (χ3v) is 4.00. The first-order valence-electron chi connectivity index (χ1n) is 5.71. The molecule has 1 heterocycles. The highest BCUT2D eigenvalue weighted by molar-refractivity contribution is 9.10. The van der Waals surface area contributed by atoms with E-state index < -0.39 is 0 Å². The average molecular weight is 324 g/mol. The molecular formula is C14H14BrNOS. The standard InChI is InChI=1S/C14H14BrNOS/c1-11-9-12(15)10-16(14(11)17)7-8-18-13-5-3-2-4-6-13/h2-6,9-10H,7-8H2,1H3. The first kappa shape index (κ1) is 13.4. The van der Waals surface area contributed by atoms with Gasteiger partial charge in [-0.25, -0.2) is 0 Å². The quantitative estimate of drug-likeness (QED) is 0.800. The van der Waals surface area contributed by atoms with Gasteiger partial charge in [0, 0.05) is 33.4 Å². The van der Waals surface area contributed by atoms with Gasteiger partial charge >= 0.3 is 0 Å². The molecule has 1 aromatic heterocycles. The molecule has 0 spiro atoms. The second-order valence-electron chi connectivity index (χ2n) is 4.00. The number of benzene rings is 1. The van der Waals surface area contributed by atoms with Crippen LogP contribution in [0.3, 0.4) is 0 Å². The van der Waals surface area contributed by atoms with Gasteiger partial charge in [0.05, 0.1) is 0 Å². The van der Waals surface area contributed by atoms with Gasteiger partial charge in [0.2, 0.25) is 0 Å². The number of aromatic nitrogens is 1. The summed E-state index contributed by atoms with van der Waals surface area (Å²) in [6.07, 6.45) is 1.85. The number of rotatable bonds is 4. The van der Waals surface area contributed by atoms with Crippen LogP contribution < -0.4 is 5.56 Å². The van der Waals surface area contributed by atoms with E-state index in [1.807, 2.05) is 37.4 Å². The largest absolute Gasteiger partial charge is 0.313 e. The molecule has 0 saturated heterocycles. The molecule has 0 N–H and O–H groups in total. The van der Waals surface area contributed by atoms with Gasteiger partial charge in [0.15, 0.2) is 0 Å². The summed E-state index contributed by atoms with van der Waals surface area (Å²) in [7, 11) is 0. The number of hydrogen-bond acceptors (Lipinski definition) is 2. The van der Waals surface area contributed by atoms with Crippen LogP contribution in [0.1, 0.15) is 5.56 Å². The van der Waals surface area contributed by atoms with Gasteiger partial charge in [0.25, 0.3) is 5.56 Å². The Morgan fingerprint density at radius 1 is 1.28 bits per heavy atom. The van der Waals surface area contributed by atoms with E-state index in [-0.39, 0.29) is 5.56 Å². The molecule has 18 heavy (non-hydrogen) atoms. The monoisotopic (exact) mass is 323 g/mol. The van der Waals surface area contributed by atoms with Gasteiger partial charge in [-0.3, -0.25) is 4.79 Å². The Morgan fingerprint density at radius 3 is 2.72 bits per heavy atom. The lowest BCUT2D eigenvalue weighted by Gasteiger charge is -2.07. The molecule has 0 atom stereocenters. The molecule has 0 unspecified atom stereocenters. The number of aryl methyl sites for hydroxylation is 2. The van der Waals surface area contributed by atoms with Crippen molar-refractivity contribution in [1.29, 1.82) is 0 Å². The highest BCUT2D eigenvalue weighted by atomic mass is 79.9. The maximum atomic E-state index is 11.9. The van der Waals surface area contributed by atoms with Gasteiger partial charge in [0.1, 0.15) is 0 Å². The predicted molar refractivity (Wildman–Crippen MR) is 80.3 cm³/mol. The molecule has 0 radical (unpaired) electrons. The number of nitrogens with zero attached hydrogens (tertiary/aromatic N) is 1. The van der Waals surface area contributed by atoms with Crippen molar-refractivity contribution in [3.8, 4) is 0 Å². The summed E-state index contributed by atoms with van der Waals surface area (Å²) in [6.45, 7) is 2.56. The number of pyridine rings is 1. The second kappa shape index (κ2) is 6.25. The summed E-state index contributed by atoms with van der Waals surface area (Å²) in [5, 5.41) is 0. The van der Waals surface area contributed by atoms with Crippen LogP contribution in [0.25, 0.3) is 0 Å². The zero-order chi connectivity index (χ0) is 13.0. The number of halogens is 1. The molecule has 2 rings (SSSR count). The zero-order valence-electron chi connectivity index (χ0n) is 10.1. The maximum Gasteiger partial charge on any atom is 0.253 e. The van der Waals surface area contributed by atoms with Crippen molar-refractivity contribution in [2.24, 2.45) is 0 Å². The van der Waals surface area contributed by atoms with Crippen molar-refractivity contribution in [3.05, 3.63) is 63.0 Å². The Balaban J connectivity index is 2.01. The Bertz CT molecular complexity index is 580. The fraction of sp³-hybridized carbons (Fsp3) is 0.214. The molecule has 0 aliphatic carbocycles. The molecule has 94 valence electrons. The zero-order valence-corrected chi connectivity index (χ0v) is 12.5. The van der Waals surface area contributed by atoms with E-state index in [4.69, 9.17) is 0 Å². The summed E-state index contributed by atoms with van der Waals surface area (Å²) >= 11 is 5.18. The molecule has 0 bridgehead atoms. The Labute approximate surface area is 119 Å². The van der Waals surface area contributed by atoms with Crippen LogP contribution in [0.4, 0.5) is 0 Å². The van der Waals surface area contributed by atoms with Crippen LogP contribution in [0, 0.1) is 6.92 Å². The van der Waals surface area contributed by atoms with Crippen molar-refractivity contribution >= 4 is 27.7 Å². The first-order valence-corrected chi connectivity index (χ1v) is 7.49. The first-order chi connectivity index (χ1) is 8.66. The predicted octanol–water partition coefficient (Wildman–Crippen LogP) is 3.71. The van der Waals surface area contributed by atoms with Crippen molar-refractivity contribution in [1.82, 2.24) is 4.57 Å². The van der Waals surface area contributed by atoms with E-state index in [0.29, 0.717) is 0 Å². The number of hydrogen-bond donors (Lipinski definition) is 0. The summed E-state index contributed by atoms with van der Waals surface area (Å²) in [6, 6.07) is 12.1. The molecule has 2 aromatic rings. The molecule has 1 aromatic carbocycles. The van der Waals surface area contributed by atoms with Crippen LogP contribution in [0.5, 0.6) is 0 Å². The van der Waals surface area contributed by atoms with E-state index in [2.05, 4.69) is 28.1 Å². The molecule has 0 aliphatic rings. The third kappa shape index (κ3) is 3.50. The summed E-state index contributed by atoms with van der Waals surface area (Å²) in [5.41, 5.74) is 0.862. The van der Waals surface area contributed by atoms with E-state index in [1.165, 1.54) is 4.90 Å². The van der Waals surface area contributed by atoms with Gasteiger partial charge in [-0.2, -0.15) is 0 Å². The normalized spacial score (nSPS) is 10.6. The van der Waals surface area contributed by atoms with Crippen molar-refractivity contribution < 1.29 is 0 Å². The Kier molecular flexibility index (Phi) is 4.66. The van der Waals surface area contributed by atoms with Gasteiger partial charge in [-0.15, -0.1) is 11.8 Å². The lowest BCUT2D eigenvalue weighted by Crippen LogP contribution is -2.22. The fourth-order valence-electron chi connectivity index (χ4n) is 1.68. The summed E-state index contributed by atoms with van der Waals surface area (Å²) < 4.78 is 2.71. The minimum Gasteiger partial charge on any atom is -0.313 e. The minimum absolute atomic E-state index is 0.0897. The Morgan fingerprint density at radius 2 is 2.00 bits per heavy atom. The summed E-state index contributed by atoms with van der Waals surface area (Å²) in [4.78, 5) is 13.1. The van der Waals surface area contributed by atoms with Gasteiger partial charge < -0.3 is 4.57 Å². The van der Waals surface area contributed by atoms with Crippen molar-refractivity contribution in [2.75, 3.05) is 5.75 Å². The maximum absolute atomic E-state index is 11.9. The van der Waals surface area contributed by atoms with Crippen LogP contribution in [-0.2, 0) is 6.54 Å². The van der Waals surface area contributed by atoms with Crippen LogP contribution in [0.2, 0.25) is 0 Å². The van der Waals surface area contributed by atoms with Crippen LogP contribution in [-0.4, -0.2) is 10.3 Å². The second-order valence-corrected chi connectivity index (χ2v) is 6.09. The molecule has 0 amide bonds. The van der Waals surface area contributed by atoms with Gasteiger partial charge in [-0.05, 0) is 41.1 Å². The van der Waals surface area contributed by atoms with Crippen LogP contribution >= 0.6 is 27.7 Å². The number of thioether (sulfide) groups is 1. The SMILES string of the molecule is Cc1cc(Br)cn(CCSc2ccccc2)c1=O. The van der Waals surface area contributed by atoms with Crippen molar-refractivity contribution in [3.63, 3.8) is 0 Å². The van der Waals surface area contributed by atoms with E-state index >= 15 is 0 Å². The van der Waals surface area contributed by atoms with Crippen molar-refractivity contribution in [2.45, 2.75) is 18.4 Å². The van der Waals surface area contributed by atoms with Crippen LogP contribution in [0.15, 0.2) is 56.8 Å². The molecular weight excluding hydrogens is 310 g/mol. The molecule has 0 aliphatic heterocycles. The molecule has 0 saturated carbocycles. The third-order valence-electron chi connectivity index (χ3n) is 2.58. The smallest absolute Gasteiger partial charge is 0.253 e. The molecule has 4 heteroatoms. The highest BCUT2D eigenvalue weighted by Crippen LogP contribution is 2.17. The fourth-order valence-corrected chi connectivity index (χ4v) is 3.15. The minimum atomic E-state index is 0.0897. The van der Waals surface area contributed by atoms with E-state index in [0.717, 1.165) is 22.3 Å². The average Bonchev–Trinajstić information content (AvgIpc) is 2.36.